The summed E-state index contributed by atoms with van der Waals surface area (Å²) in [5.41, 5.74) is 2.79. The maximum absolute atomic E-state index is 14.9. The number of hydrogen-bond donors (Lipinski definition) is 0. The molecule has 4 rings (SSSR count). The largest absolute Gasteiger partial charge is 0.207 e. The Hall–Kier alpha value is -2.03. The number of rotatable bonds is 7. The Balaban J connectivity index is 1.35. The summed E-state index contributed by atoms with van der Waals surface area (Å²) >= 11 is 0. The summed E-state index contributed by atoms with van der Waals surface area (Å²) in [7, 11) is 0. The molecule has 0 nitrogen and oxygen atoms in total. The van der Waals surface area contributed by atoms with E-state index in [2.05, 4.69) is 19.9 Å². The molecule has 0 spiro atoms. The van der Waals surface area contributed by atoms with Crippen LogP contribution in [0.25, 0.3) is 6.08 Å². The average Bonchev–Trinajstić information content (AvgIpc) is 2.86. The highest BCUT2D eigenvalue weighted by atomic mass is 19.2. The van der Waals surface area contributed by atoms with Crippen molar-refractivity contribution in [3.63, 3.8) is 0 Å². The smallest absolute Gasteiger partial charge is 0.166 e. The highest BCUT2D eigenvalue weighted by molar-refractivity contribution is 5.52. The van der Waals surface area contributed by atoms with Crippen LogP contribution in [0.1, 0.15) is 112 Å². The summed E-state index contributed by atoms with van der Waals surface area (Å²) in [6.07, 6.45) is 14.8. The molecule has 0 aromatic heterocycles. The maximum Gasteiger partial charge on any atom is 0.166 e. The summed E-state index contributed by atoms with van der Waals surface area (Å²) in [5.74, 6) is -0.00464. The van der Waals surface area contributed by atoms with E-state index >= 15 is 0 Å². The van der Waals surface area contributed by atoms with Crippen LogP contribution < -0.4 is 0 Å². The molecular weight excluding hydrogens is 429 g/mol. The van der Waals surface area contributed by atoms with Gasteiger partial charge in [0.05, 0.1) is 0 Å². The van der Waals surface area contributed by atoms with Gasteiger partial charge in [-0.15, -0.1) is 0 Å². The Labute approximate surface area is 203 Å². The molecule has 2 fully saturated rings. The van der Waals surface area contributed by atoms with Crippen molar-refractivity contribution in [1.82, 2.24) is 0 Å². The van der Waals surface area contributed by atoms with E-state index in [0.29, 0.717) is 17.0 Å². The lowest BCUT2D eigenvalue weighted by atomic mass is 9.77. The van der Waals surface area contributed by atoms with Crippen LogP contribution in [0.3, 0.4) is 0 Å². The fraction of sp³-hybridized carbons (Fsp3) is 0.548. The molecule has 0 unspecified atom stereocenters. The molecule has 184 valence electrons. The first kappa shape index (κ1) is 25.1. The molecule has 0 saturated heterocycles. The Morgan fingerprint density at radius 1 is 0.765 bits per heavy atom. The van der Waals surface area contributed by atoms with Crippen molar-refractivity contribution in [2.24, 2.45) is 11.8 Å². The highest BCUT2D eigenvalue weighted by Crippen LogP contribution is 2.40. The van der Waals surface area contributed by atoms with Crippen molar-refractivity contribution in [2.75, 3.05) is 0 Å². The van der Waals surface area contributed by atoms with E-state index < -0.39 is 11.6 Å². The first-order chi connectivity index (χ1) is 16.5. The fourth-order valence-electron chi connectivity index (χ4n) is 6.11. The fourth-order valence-corrected chi connectivity index (χ4v) is 6.11. The van der Waals surface area contributed by atoms with Crippen molar-refractivity contribution in [2.45, 2.75) is 96.3 Å². The third kappa shape index (κ3) is 5.78. The molecule has 0 atom stereocenters. The summed E-state index contributed by atoms with van der Waals surface area (Å²) < 4.78 is 44.4. The van der Waals surface area contributed by atoms with Gasteiger partial charge in [0, 0.05) is 5.56 Å². The summed E-state index contributed by atoms with van der Waals surface area (Å²) in [4.78, 5) is 0. The number of aryl methyl sites for hydroxylation is 1. The summed E-state index contributed by atoms with van der Waals surface area (Å²) in [5, 5.41) is 0. The minimum atomic E-state index is -0.714. The Morgan fingerprint density at radius 2 is 1.41 bits per heavy atom. The van der Waals surface area contributed by atoms with Crippen LogP contribution in [0.2, 0.25) is 0 Å². The molecule has 34 heavy (non-hydrogen) atoms. The van der Waals surface area contributed by atoms with Gasteiger partial charge in [0.15, 0.2) is 11.6 Å². The lowest BCUT2D eigenvalue weighted by molar-refractivity contribution is 0.312. The third-order valence-electron chi connectivity index (χ3n) is 8.37. The van der Waals surface area contributed by atoms with Gasteiger partial charge in [0.2, 0.25) is 0 Å². The van der Waals surface area contributed by atoms with E-state index in [0.717, 1.165) is 81.3 Å². The quantitative estimate of drug-likeness (QED) is 0.379. The summed E-state index contributed by atoms with van der Waals surface area (Å²) in [6, 6.07) is 9.27. The van der Waals surface area contributed by atoms with E-state index in [1.165, 1.54) is 6.42 Å². The Morgan fingerprint density at radius 3 is 2.06 bits per heavy atom. The molecular formula is C31H39F3. The monoisotopic (exact) mass is 468 g/mol. The second-order valence-corrected chi connectivity index (χ2v) is 10.6. The zero-order valence-electron chi connectivity index (χ0n) is 20.8. The molecule has 2 aliphatic carbocycles. The van der Waals surface area contributed by atoms with Gasteiger partial charge in [-0.05, 0) is 104 Å². The minimum Gasteiger partial charge on any atom is -0.207 e. The van der Waals surface area contributed by atoms with Gasteiger partial charge in [-0.1, -0.05) is 63.1 Å². The molecule has 2 saturated carbocycles. The van der Waals surface area contributed by atoms with Crippen molar-refractivity contribution in [3.8, 4) is 0 Å². The molecule has 0 N–H and O–H groups in total. The van der Waals surface area contributed by atoms with E-state index in [9.17, 15) is 13.2 Å². The van der Waals surface area contributed by atoms with Crippen LogP contribution >= 0.6 is 0 Å². The molecule has 3 heteroatoms. The number of allylic oxidation sites excluding steroid dienone is 1. The standard InChI is InChI=1S/C31H39F3/c1-3-5-23-11-18-27(29(32)20-23)24-14-8-22(9-15-24)10-16-26-17-19-28(31(34)30(26)33)25-12-6-21(4-2)7-13-25/h10-11,16-22,24-25H,3-9,12-15H2,1-2H3/b16-10+. The second-order valence-electron chi connectivity index (χ2n) is 10.6. The van der Waals surface area contributed by atoms with Crippen LogP contribution in [-0.4, -0.2) is 0 Å². The van der Waals surface area contributed by atoms with Crippen LogP contribution in [-0.2, 0) is 6.42 Å². The van der Waals surface area contributed by atoms with Gasteiger partial charge < -0.3 is 0 Å². The van der Waals surface area contributed by atoms with E-state index in [1.807, 2.05) is 12.1 Å². The van der Waals surface area contributed by atoms with Crippen LogP contribution in [0.4, 0.5) is 13.2 Å². The normalized spacial score (nSPS) is 25.7. The SMILES string of the molecule is CCCc1ccc(C2CCC(/C=C/c3ccc(C4CCC(CC)CC4)c(F)c3F)CC2)c(F)c1. The van der Waals surface area contributed by atoms with Gasteiger partial charge in [0.1, 0.15) is 5.82 Å². The molecule has 2 aliphatic rings. The van der Waals surface area contributed by atoms with Crippen LogP contribution in [0.5, 0.6) is 0 Å². The van der Waals surface area contributed by atoms with E-state index in [-0.39, 0.29) is 17.7 Å². The number of halogens is 3. The van der Waals surface area contributed by atoms with Crippen molar-refractivity contribution >= 4 is 6.08 Å². The molecule has 0 heterocycles. The number of benzene rings is 2. The predicted octanol–water partition coefficient (Wildman–Crippen LogP) is 9.73. The van der Waals surface area contributed by atoms with Crippen molar-refractivity contribution < 1.29 is 13.2 Å². The van der Waals surface area contributed by atoms with Crippen molar-refractivity contribution in [3.05, 3.63) is 76.1 Å². The van der Waals surface area contributed by atoms with Gasteiger partial charge in [-0.3, -0.25) is 0 Å². The third-order valence-corrected chi connectivity index (χ3v) is 8.37. The van der Waals surface area contributed by atoms with E-state index in [1.54, 1.807) is 24.3 Å². The van der Waals surface area contributed by atoms with Crippen LogP contribution in [0, 0.1) is 29.3 Å². The lowest BCUT2D eigenvalue weighted by Crippen LogP contribution is -2.14. The lowest BCUT2D eigenvalue weighted by Gasteiger charge is -2.28. The Bertz CT molecular complexity index is 976. The van der Waals surface area contributed by atoms with Gasteiger partial charge >= 0.3 is 0 Å². The van der Waals surface area contributed by atoms with Gasteiger partial charge in [-0.25, -0.2) is 13.2 Å². The molecule has 2 aromatic rings. The second kappa shape index (κ2) is 11.6. The van der Waals surface area contributed by atoms with Gasteiger partial charge in [0.25, 0.3) is 0 Å². The average molecular weight is 469 g/mol. The maximum atomic E-state index is 14.9. The van der Waals surface area contributed by atoms with E-state index in [4.69, 9.17) is 0 Å². The topological polar surface area (TPSA) is 0 Å². The van der Waals surface area contributed by atoms with Crippen molar-refractivity contribution in [1.29, 1.82) is 0 Å². The first-order valence-electron chi connectivity index (χ1n) is 13.4. The number of hydrogen-bond acceptors (Lipinski definition) is 0. The highest BCUT2D eigenvalue weighted by Gasteiger charge is 2.26. The molecule has 0 amide bonds. The van der Waals surface area contributed by atoms with Gasteiger partial charge in [-0.2, -0.15) is 0 Å². The molecule has 0 radical (unpaired) electrons. The zero-order valence-corrected chi connectivity index (χ0v) is 20.8. The zero-order chi connectivity index (χ0) is 24.1. The predicted molar refractivity (Wildman–Crippen MR) is 135 cm³/mol. The summed E-state index contributed by atoms with van der Waals surface area (Å²) in [6.45, 7) is 4.31. The van der Waals surface area contributed by atoms with Crippen LogP contribution in [0.15, 0.2) is 36.4 Å². The Kier molecular flexibility index (Phi) is 8.55. The molecule has 0 bridgehead atoms. The molecule has 2 aromatic carbocycles. The first-order valence-corrected chi connectivity index (χ1v) is 13.4. The molecule has 0 aliphatic heterocycles. The minimum absolute atomic E-state index is 0.0780.